The van der Waals surface area contributed by atoms with Gasteiger partial charge in [-0.2, -0.15) is 4.52 Å². The van der Waals surface area contributed by atoms with Crippen LogP contribution >= 0.6 is 11.3 Å². The number of hydrogen-bond acceptors (Lipinski definition) is 6. The Morgan fingerprint density at radius 2 is 2.25 bits per heavy atom. The van der Waals surface area contributed by atoms with E-state index in [9.17, 15) is 0 Å². The molecule has 6 nitrogen and oxygen atoms in total. The zero-order valence-corrected chi connectivity index (χ0v) is 12.3. The molecule has 0 unspecified atom stereocenters. The molecule has 3 aromatic rings. The molecule has 0 saturated carbocycles. The van der Waals surface area contributed by atoms with Crippen molar-refractivity contribution in [1.82, 2.24) is 19.6 Å². The number of hydrogen-bond donors (Lipinski definition) is 2. The van der Waals surface area contributed by atoms with Gasteiger partial charge in [0.25, 0.3) is 0 Å². The Morgan fingerprint density at radius 1 is 1.40 bits per heavy atom. The lowest BCUT2D eigenvalue weighted by molar-refractivity contribution is 0.602. The van der Waals surface area contributed by atoms with Gasteiger partial charge in [0.1, 0.15) is 10.7 Å². The van der Waals surface area contributed by atoms with Crippen LogP contribution < -0.4 is 11.3 Å². The van der Waals surface area contributed by atoms with Gasteiger partial charge in [-0.15, -0.1) is 16.4 Å². The van der Waals surface area contributed by atoms with E-state index < -0.39 is 0 Å². The molecule has 0 aliphatic heterocycles. The zero-order valence-electron chi connectivity index (χ0n) is 11.5. The average Bonchev–Trinajstić information content (AvgIpc) is 2.97. The molecule has 7 heteroatoms. The van der Waals surface area contributed by atoms with Crippen LogP contribution in [0.1, 0.15) is 41.9 Å². The molecule has 4 rings (SSSR count). The van der Waals surface area contributed by atoms with Gasteiger partial charge in [-0.1, -0.05) is 6.92 Å². The third kappa shape index (κ3) is 1.50. The molecule has 3 aromatic heterocycles. The number of rotatable bonds is 1. The largest absolute Gasteiger partial charge is 0.292 e. The van der Waals surface area contributed by atoms with E-state index in [1.165, 1.54) is 23.3 Å². The summed E-state index contributed by atoms with van der Waals surface area (Å²) in [6, 6.07) is 0. The number of hydrazine groups is 1. The molecule has 0 aromatic carbocycles. The number of nitrogens with zero attached hydrogens (tertiary/aromatic N) is 4. The van der Waals surface area contributed by atoms with E-state index >= 15 is 0 Å². The van der Waals surface area contributed by atoms with Crippen LogP contribution in [0.15, 0.2) is 0 Å². The third-order valence-electron chi connectivity index (χ3n) is 4.01. The summed E-state index contributed by atoms with van der Waals surface area (Å²) in [5.41, 5.74) is 4.91. The Balaban J connectivity index is 2.18. The predicted octanol–water partition coefficient (Wildman–Crippen LogP) is 2.37. The van der Waals surface area contributed by atoms with Crippen LogP contribution in [0.4, 0.5) is 5.95 Å². The van der Waals surface area contributed by atoms with Crippen molar-refractivity contribution in [2.24, 2.45) is 5.84 Å². The van der Waals surface area contributed by atoms with E-state index in [1.54, 1.807) is 15.9 Å². The number of aryl methyl sites for hydroxylation is 2. The molecule has 3 heterocycles. The number of nitrogens with one attached hydrogen (secondary N) is 1. The van der Waals surface area contributed by atoms with Crippen molar-refractivity contribution < 1.29 is 0 Å². The first kappa shape index (κ1) is 12.0. The van der Waals surface area contributed by atoms with E-state index in [4.69, 9.17) is 5.84 Å². The molecule has 3 N–H and O–H groups in total. The molecule has 20 heavy (non-hydrogen) atoms. The molecular formula is C13H16N6S. The molecular weight excluding hydrogens is 272 g/mol. The van der Waals surface area contributed by atoms with Crippen molar-refractivity contribution in [3.8, 4) is 0 Å². The standard InChI is InChI=1S/C13H16N6S/c1-6-4-3-5-8-9(6)10-11-15-7(2)18-19(11)13(17-14)16-12(10)20-8/h6H,3-5,14H2,1-2H3,(H,16,17)/t6-/m1/s1. The highest BCUT2D eigenvalue weighted by Crippen LogP contribution is 2.43. The lowest BCUT2D eigenvalue weighted by Gasteiger charge is -2.18. The Morgan fingerprint density at radius 3 is 3.05 bits per heavy atom. The number of aromatic nitrogens is 4. The number of thiophene rings is 1. The minimum Gasteiger partial charge on any atom is -0.292 e. The van der Waals surface area contributed by atoms with Crippen LogP contribution in [0, 0.1) is 6.92 Å². The first-order chi connectivity index (χ1) is 9.69. The van der Waals surface area contributed by atoms with Crippen LogP contribution in [-0.4, -0.2) is 19.6 Å². The minimum absolute atomic E-state index is 0.541. The van der Waals surface area contributed by atoms with Crippen molar-refractivity contribution >= 4 is 33.1 Å². The predicted molar refractivity (Wildman–Crippen MR) is 80.1 cm³/mol. The fourth-order valence-corrected chi connectivity index (χ4v) is 4.48. The number of fused-ring (bicyclic) bond motifs is 5. The van der Waals surface area contributed by atoms with Crippen molar-refractivity contribution in [2.75, 3.05) is 5.43 Å². The molecule has 0 radical (unpaired) electrons. The molecule has 1 aliphatic carbocycles. The van der Waals surface area contributed by atoms with Gasteiger partial charge in [-0.3, -0.25) is 5.43 Å². The second kappa shape index (κ2) is 4.13. The Bertz CT molecular complexity index is 817. The van der Waals surface area contributed by atoms with E-state index in [2.05, 4.69) is 27.4 Å². The smallest absolute Gasteiger partial charge is 0.241 e. The van der Waals surface area contributed by atoms with E-state index in [-0.39, 0.29) is 0 Å². The maximum atomic E-state index is 5.57. The van der Waals surface area contributed by atoms with Gasteiger partial charge in [-0.05, 0) is 37.7 Å². The molecule has 1 aliphatic rings. The summed E-state index contributed by atoms with van der Waals surface area (Å²) in [6.07, 6.45) is 3.63. The maximum Gasteiger partial charge on any atom is 0.241 e. The second-order valence-electron chi connectivity index (χ2n) is 5.39. The number of nitrogen functional groups attached to an aromatic ring is 1. The normalized spacial score (nSPS) is 18.6. The van der Waals surface area contributed by atoms with Gasteiger partial charge in [0.2, 0.25) is 5.95 Å². The first-order valence-corrected chi connectivity index (χ1v) is 7.66. The first-order valence-electron chi connectivity index (χ1n) is 6.84. The van der Waals surface area contributed by atoms with Crippen molar-refractivity contribution in [3.63, 3.8) is 0 Å². The Hall–Kier alpha value is -1.73. The van der Waals surface area contributed by atoms with Crippen molar-refractivity contribution in [3.05, 3.63) is 16.3 Å². The van der Waals surface area contributed by atoms with Gasteiger partial charge >= 0.3 is 0 Å². The van der Waals surface area contributed by atoms with Crippen molar-refractivity contribution in [1.29, 1.82) is 0 Å². The van der Waals surface area contributed by atoms with Gasteiger partial charge in [0.05, 0.1) is 5.39 Å². The summed E-state index contributed by atoms with van der Waals surface area (Å²) >= 11 is 1.77. The van der Waals surface area contributed by atoms with Gasteiger partial charge in [-0.25, -0.2) is 15.8 Å². The topological polar surface area (TPSA) is 81.1 Å². The minimum atomic E-state index is 0.541. The average molecular weight is 288 g/mol. The quantitative estimate of drug-likeness (QED) is 0.531. The molecule has 104 valence electrons. The maximum absolute atomic E-state index is 5.57. The Kier molecular flexibility index (Phi) is 2.49. The highest BCUT2D eigenvalue weighted by molar-refractivity contribution is 7.19. The fraction of sp³-hybridized carbons (Fsp3) is 0.462. The van der Waals surface area contributed by atoms with Gasteiger partial charge in [0.15, 0.2) is 5.65 Å². The highest BCUT2D eigenvalue weighted by Gasteiger charge is 2.26. The zero-order chi connectivity index (χ0) is 13.9. The third-order valence-corrected chi connectivity index (χ3v) is 5.17. The summed E-state index contributed by atoms with van der Waals surface area (Å²) in [6.45, 7) is 4.18. The lowest BCUT2D eigenvalue weighted by Crippen LogP contribution is -2.13. The summed E-state index contributed by atoms with van der Waals surface area (Å²) < 4.78 is 1.71. The van der Waals surface area contributed by atoms with Crippen molar-refractivity contribution in [2.45, 2.75) is 39.0 Å². The van der Waals surface area contributed by atoms with E-state index in [0.717, 1.165) is 28.1 Å². The fourth-order valence-electron chi connectivity index (χ4n) is 3.15. The van der Waals surface area contributed by atoms with Crippen LogP contribution in [0.5, 0.6) is 0 Å². The molecule has 0 bridgehead atoms. The SMILES string of the molecule is Cc1nc2c3c4c(sc3nc(NN)n2n1)CCC[C@H]4C. The molecule has 0 saturated heterocycles. The van der Waals surface area contributed by atoms with Gasteiger partial charge < -0.3 is 0 Å². The van der Waals surface area contributed by atoms with Crippen LogP contribution in [0.2, 0.25) is 0 Å². The summed E-state index contributed by atoms with van der Waals surface area (Å²) in [5.74, 6) is 7.41. The highest BCUT2D eigenvalue weighted by atomic mass is 32.1. The molecule has 0 amide bonds. The van der Waals surface area contributed by atoms with E-state index in [0.29, 0.717) is 11.9 Å². The second-order valence-corrected chi connectivity index (χ2v) is 6.47. The van der Waals surface area contributed by atoms with Crippen LogP contribution in [-0.2, 0) is 6.42 Å². The van der Waals surface area contributed by atoms with Crippen LogP contribution in [0.25, 0.3) is 15.9 Å². The van der Waals surface area contributed by atoms with Crippen LogP contribution in [0.3, 0.4) is 0 Å². The summed E-state index contributed by atoms with van der Waals surface area (Å²) in [4.78, 5) is 11.7. The monoisotopic (exact) mass is 288 g/mol. The molecule has 0 spiro atoms. The van der Waals surface area contributed by atoms with Gasteiger partial charge in [0, 0.05) is 4.88 Å². The number of nitrogens with two attached hydrogens (primary N) is 1. The summed E-state index contributed by atoms with van der Waals surface area (Å²) in [5, 5.41) is 5.56. The molecule has 0 fully saturated rings. The summed E-state index contributed by atoms with van der Waals surface area (Å²) in [7, 11) is 0. The molecule has 1 atom stereocenters. The number of anilines is 1. The lowest BCUT2D eigenvalue weighted by atomic mass is 9.87. The van der Waals surface area contributed by atoms with E-state index in [1.807, 2.05) is 6.92 Å². The Labute approximate surface area is 120 Å².